The van der Waals surface area contributed by atoms with Gasteiger partial charge >= 0.3 is 5.97 Å². The number of anilines is 1. The second kappa shape index (κ2) is 5.81. The van der Waals surface area contributed by atoms with E-state index in [4.69, 9.17) is 17.0 Å². The highest BCUT2D eigenvalue weighted by molar-refractivity contribution is 7.80. The summed E-state index contributed by atoms with van der Waals surface area (Å²) in [5.74, 6) is -0.355. The quantitative estimate of drug-likeness (QED) is 0.642. The van der Waals surface area contributed by atoms with Crippen LogP contribution >= 0.6 is 23.6 Å². The minimum atomic E-state index is -0.355. The highest BCUT2D eigenvalue weighted by Gasteiger charge is 2.15. The molecule has 0 aromatic carbocycles. The number of methoxy groups -OCH3 is 1. The third kappa shape index (κ3) is 3.18. The number of aryl methyl sites for hydroxylation is 1. The van der Waals surface area contributed by atoms with Crippen LogP contribution in [0.15, 0.2) is 6.07 Å². The van der Waals surface area contributed by atoms with Gasteiger partial charge in [-0.15, -0.1) is 11.3 Å². The average molecular weight is 258 g/mol. The Morgan fingerprint density at radius 2 is 2.31 bits per heavy atom. The Labute approximate surface area is 104 Å². The Bertz CT molecular complexity index is 402. The summed E-state index contributed by atoms with van der Waals surface area (Å²) < 4.78 is 4.70. The summed E-state index contributed by atoms with van der Waals surface area (Å²) in [5.41, 5.74) is 0.519. The zero-order chi connectivity index (χ0) is 12.1. The fourth-order valence-electron chi connectivity index (χ4n) is 1.18. The lowest BCUT2D eigenvalue weighted by Crippen LogP contribution is -2.28. The predicted octanol–water partition coefficient (Wildman–Crippen LogP) is 2.15. The van der Waals surface area contributed by atoms with Crippen LogP contribution in [0.4, 0.5) is 5.00 Å². The normalized spacial score (nSPS) is 9.69. The topological polar surface area (TPSA) is 50.4 Å². The van der Waals surface area contributed by atoms with Crippen LogP contribution in [-0.4, -0.2) is 24.7 Å². The molecule has 0 aliphatic rings. The first-order valence-electron chi connectivity index (χ1n) is 4.82. The van der Waals surface area contributed by atoms with Crippen LogP contribution in [-0.2, 0) is 4.74 Å². The van der Waals surface area contributed by atoms with Crippen molar-refractivity contribution < 1.29 is 9.53 Å². The van der Waals surface area contributed by atoms with E-state index >= 15 is 0 Å². The number of thiophene rings is 1. The maximum Gasteiger partial charge on any atom is 0.340 e. The van der Waals surface area contributed by atoms with Crippen LogP contribution in [0.25, 0.3) is 0 Å². The molecule has 0 saturated heterocycles. The number of rotatable bonds is 3. The van der Waals surface area contributed by atoms with Crippen LogP contribution in [0.3, 0.4) is 0 Å². The van der Waals surface area contributed by atoms with Crippen LogP contribution in [0.5, 0.6) is 0 Å². The van der Waals surface area contributed by atoms with Gasteiger partial charge in [-0.3, -0.25) is 0 Å². The number of hydrogen-bond donors (Lipinski definition) is 2. The molecule has 0 bridgehead atoms. The van der Waals surface area contributed by atoms with E-state index < -0.39 is 0 Å². The summed E-state index contributed by atoms with van der Waals surface area (Å²) in [6.45, 7) is 4.62. The predicted molar refractivity (Wildman–Crippen MR) is 70.3 cm³/mol. The molecule has 0 fully saturated rings. The molecule has 88 valence electrons. The van der Waals surface area contributed by atoms with E-state index in [0.29, 0.717) is 10.7 Å². The van der Waals surface area contributed by atoms with Gasteiger partial charge in [0.1, 0.15) is 5.00 Å². The number of nitrogens with one attached hydrogen (secondary N) is 2. The van der Waals surface area contributed by atoms with Crippen molar-refractivity contribution in [3.8, 4) is 0 Å². The second-order valence-electron chi connectivity index (χ2n) is 3.08. The van der Waals surface area contributed by atoms with Crippen molar-refractivity contribution in [3.63, 3.8) is 0 Å². The molecule has 1 aromatic rings. The lowest BCUT2D eigenvalue weighted by Gasteiger charge is -2.08. The number of carbonyl (C=O) groups is 1. The number of thiocarbonyl (C=S) groups is 1. The van der Waals surface area contributed by atoms with Gasteiger partial charge in [0.05, 0.1) is 12.7 Å². The van der Waals surface area contributed by atoms with E-state index in [0.717, 1.165) is 16.4 Å². The first-order valence-corrected chi connectivity index (χ1v) is 6.04. The van der Waals surface area contributed by atoms with Crippen molar-refractivity contribution in [3.05, 3.63) is 16.5 Å². The maximum atomic E-state index is 11.5. The van der Waals surface area contributed by atoms with E-state index in [1.165, 1.54) is 18.4 Å². The maximum absolute atomic E-state index is 11.5. The molecular weight excluding hydrogens is 244 g/mol. The molecule has 2 N–H and O–H groups in total. The first-order chi connectivity index (χ1) is 7.58. The van der Waals surface area contributed by atoms with Crippen molar-refractivity contribution in [1.29, 1.82) is 0 Å². The standard InChI is InChI=1S/C10H14N2O2S2/c1-4-11-10(15)12-8-7(9(13)14-3)5-6(2)16-8/h5H,4H2,1-3H3,(H2,11,12,15). The fourth-order valence-corrected chi connectivity index (χ4v) is 2.39. The van der Waals surface area contributed by atoms with Gasteiger partial charge < -0.3 is 15.4 Å². The average Bonchev–Trinajstić information content (AvgIpc) is 2.58. The number of ether oxygens (including phenoxy) is 1. The molecule has 1 rings (SSSR count). The van der Waals surface area contributed by atoms with E-state index in [1.807, 2.05) is 13.8 Å². The molecule has 0 aliphatic carbocycles. The minimum Gasteiger partial charge on any atom is -0.465 e. The lowest BCUT2D eigenvalue weighted by atomic mass is 10.3. The lowest BCUT2D eigenvalue weighted by molar-refractivity contribution is 0.0602. The Morgan fingerprint density at radius 3 is 2.88 bits per heavy atom. The van der Waals surface area contributed by atoms with Crippen molar-refractivity contribution in [2.75, 3.05) is 19.0 Å². The van der Waals surface area contributed by atoms with Gasteiger partial charge in [0, 0.05) is 11.4 Å². The third-order valence-electron chi connectivity index (χ3n) is 1.82. The monoisotopic (exact) mass is 258 g/mol. The summed E-state index contributed by atoms with van der Waals surface area (Å²) >= 11 is 6.53. The SMILES string of the molecule is CCNC(=S)Nc1sc(C)cc1C(=O)OC. The molecular formula is C10H14N2O2S2. The Morgan fingerprint density at radius 1 is 1.62 bits per heavy atom. The molecule has 0 saturated carbocycles. The molecule has 0 amide bonds. The summed E-state index contributed by atoms with van der Waals surface area (Å²) in [4.78, 5) is 12.5. The second-order valence-corrected chi connectivity index (χ2v) is 4.74. The van der Waals surface area contributed by atoms with Gasteiger partial charge in [0.2, 0.25) is 0 Å². The van der Waals surface area contributed by atoms with Crippen LogP contribution in [0, 0.1) is 6.92 Å². The molecule has 6 heteroatoms. The molecule has 0 unspecified atom stereocenters. The van der Waals surface area contributed by atoms with Crippen LogP contribution < -0.4 is 10.6 Å². The molecule has 0 radical (unpaired) electrons. The van der Waals surface area contributed by atoms with Gasteiger partial charge in [0.15, 0.2) is 5.11 Å². The number of hydrogen-bond acceptors (Lipinski definition) is 4. The van der Waals surface area contributed by atoms with Crippen LogP contribution in [0.2, 0.25) is 0 Å². The Kier molecular flexibility index (Phi) is 4.70. The van der Waals surface area contributed by atoms with Crippen molar-refractivity contribution in [1.82, 2.24) is 5.32 Å². The summed E-state index contributed by atoms with van der Waals surface area (Å²) in [7, 11) is 1.36. The molecule has 4 nitrogen and oxygen atoms in total. The van der Waals surface area contributed by atoms with E-state index in [1.54, 1.807) is 6.07 Å². The molecule has 0 aliphatic heterocycles. The Balaban J connectivity index is 2.86. The van der Waals surface area contributed by atoms with Crippen molar-refractivity contribution in [2.45, 2.75) is 13.8 Å². The zero-order valence-electron chi connectivity index (χ0n) is 9.42. The highest BCUT2D eigenvalue weighted by atomic mass is 32.1. The zero-order valence-corrected chi connectivity index (χ0v) is 11.1. The molecule has 0 spiro atoms. The van der Waals surface area contributed by atoms with Crippen LogP contribution in [0.1, 0.15) is 22.2 Å². The van der Waals surface area contributed by atoms with Gasteiger partial charge in [-0.1, -0.05) is 0 Å². The molecule has 0 atom stereocenters. The van der Waals surface area contributed by atoms with Gasteiger partial charge in [-0.05, 0) is 32.1 Å². The molecule has 16 heavy (non-hydrogen) atoms. The van der Waals surface area contributed by atoms with Gasteiger partial charge in [0.25, 0.3) is 0 Å². The third-order valence-corrected chi connectivity index (χ3v) is 3.04. The first kappa shape index (κ1) is 12.9. The summed E-state index contributed by atoms with van der Waals surface area (Å²) in [6.07, 6.45) is 0. The smallest absolute Gasteiger partial charge is 0.340 e. The minimum absolute atomic E-state index is 0.355. The van der Waals surface area contributed by atoms with Gasteiger partial charge in [-0.2, -0.15) is 0 Å². The Hall–Kier alpha value is -1.14. The van der Waals surface area contributed by atoms with E-state index in [9.17, 15) is 4.79 Å². The summed E-state index contributed by atoms with van der Waals surface area (Å²) in [5, 5.41) is 7.17. The summed E-state index contributed by atoms with van der Waals surface area (Å²) in [6, 6.07) is 1.79. The van der Waals surface area contributed by atoms with Crippen molar-refractivity contribution >= 4 is 39.6 Å². The highest BCUT2D eigenvalue weighted by Crippen LogP contribution is 2.27. The van der Waals surface area contributed by atoms with E-state index in [-0.39, 0.29) is 5.97 Å². The number of carbonyl (C=O) groups excluding carboxylic acids is 1. The largest absolute Gasteiger partial charge is 0.465 e. The van der Waals surface area contributed by atoms with E-state index in [2.05, 4.69) is 10.6 Å². The molecule has 1 aromatic heterocycles. The fraction of sp³-hybridized carbons (Fsp3) is 0.400. The van der Waals surface area contributed by atoms with Gasteiger partial charge in [-0.25, -0.2) is 4.79 Å². The molecule has 1 heterocycles. The number of esters is 1. The van der Waals surface area contributed by atoms with Crippen molar-refractivity contribution in [2.24, 2.45) is 0 Å².